The van der Waals surface area contributed by atoms with Crippen molar-refractivity contribution in [2.75, 3.05) is 0 Å². The molecule has 0 atom stereocenters. The predicted molar refractivity (Wildman–Crippen MR) is 54.6 cm³/mol. The number of primary amides is 1. The largest absolute Gasteiger partial charge is 0.369 e. The van der Waals surface area contributed by atoms with Crippen molar-refractivity contribution in [3.05, 3.63) is 33.8 Å². The Hall–Kier alpha value is -1.06. The van der Waals surface area contributed by atoms with Crippen LogP contribution in [0.3, 0.4) is 0 Å². The molecule has 1 amide bonds. The highest BCUT2D eigenvalue weighted by molar-refractivity contribution is 6.42. The fourth-order valence-corrected chi connectivity index (χ4v) is 1.23. The molecular weight excluding hydrogens is 225 g/mol. The van der Waals surface area contributed by atoms with Crippen LogP contribution in [-0.2, 0) is 4.79 Å². The van der Waals surface area contributed by atoms with Gasteiger partial charge in [-0.2, -0.15) is 0 Å². The lowest BCUT2D eigenvalue weighted by molar-refractivity contribution is -0.117. The molecule has 5 heteroatoms. The van der Waals surface area contributed by atoms with Gasteiger partial charge in [0.1, 0.15) is 0 Å². The maximum atomic E-state index is 11.3. The lowest BCUT2D eigenvalue weighted by Crippen LogP contribution is -2.16. The second-order valence-electron chi connectivity index (χ2n) is 2.70. The monoisotopic (exact) mass is 231 g/mol. The summed E-state index contributed by atoms with van der Waals surface area (Å²) in [5.41, 5.74) is 5.21. The second kappa shape index (κ2) is 4.44. The number of Topliss-reactive ketones (excluding diaryl/α,β-unsaturated/α-hetero) is 1. The normalized spacial score (nSPS) is 9.86. The van der Waals surface area contributed by atoms with Crippen LogP contribution in [0.5, 0.6) is 0 Å². The second-order valence-corrected chi connectivity index (χ2v) is 3.51. The summed E-state index contributed by atoms with van der Waals surface area (Å²) in [6, 6.07) is 4.41. The Morgan fingerprint density at radius 2 is 1.86 bits per heavy atom. The van der Waals surface area contributed by atoms with E-state index < -0.39 is 5.91 Å². The summed E-state index contributed by atoms with van der Waals surface area (Å²) in [6.45, 7) is 0. The van der Waals surface area contributed by atoms with Gasteiger partial charge in [-0.25, -0.2) is 0 Å². The van der Waals surface area contributed by atoms with Crippen LogP contribution < -0.4 is 5.73 Å². The third-order valence-corrected chi connectivity index (χ3v) is 2.32. The lowest BCUT2D eigenvalue weighted by Gasteiger charge is -2.00. The molecule has 2 N–H and O–H groups in total. The molecule has 0 bridgehead atoms. The van der Waals surface area contributed by atoms with Gasteiger partial charge in [0.05, 0.1) is 16.5 Å². The molecule has 0 aliphatic rings. The molecule has 0 heterocycles. The number of amides is 1. The van der Waals surface area contributed by atoms with Crippen molar-refractivity contribution in [3.8, 4) is 0 Å². The maximum absolute atomic E-state index is 11.3. The molecule has 0 saturated carbocycles. The Morgan fingerprint density at radius 3 is 2.36 bits per heavy atom. The minimum absolute atomic E-state index is 0.280. The van der Waals surface area contributed by atoms with E-state index in [-0.39, 0.29) is 17.2 Å². The Morgan fingerprint density at radius 1 is 1.21 bits per heavy atom. The first kappa shape index (κ1) is 11.0. The first-order valence-corrected chi connectivity index (χ1v) is 4.53. The number of carbonyl (C=O) groups excluding carboxylic acids is 2. The van der Waals surface area contributed by atoms with Crippen molar-refractivity contribution >= 4 is 34.9 Å². The zero-order valence-corrected chi connectivity index (χ0v) is 8.60. The molecule has 0 fully saturated rings. The highest BCUT2D eigenvalue weighted by Gasteiger charge is 2.10. The molecule has 0 aliphatic carbocycles. The van der Waals surface area contributed by atoms with E-state index in [2.05, 4.69) is 0 Å². The summed E-state index contributed by atoms with van der Waals surface area (Å²) in [7, 11) is 0. The van der Waals surface area contributed by atoms with E-state index in [0.717, 1.165) is 0 Å². The van der Waals surface area contributed by atoms with Gasteiger partial charge in [-0.3, -0.25) is 9.59 Å². The zero-order valence-electron chi connectivity index (χ0n) is 7.09. The molecule has 0 saturated heterocycles. The first-order chi connectivity index (χ1) is 6.50. The number of benzene rings is 1. The van der Waals surface area contributed by atoms with E-state index in [9.17, 15) is 9.59 Å². The van der Waals surface area contributed by atoms with Crippen LogP contribution in [0.15, 0.2) is 18.2 Å². The van der Waals surface area contributed by atoms with Crippen molar-refractivity contribution in [1.29, 1.82) is 0 Å². The van der Waals surface area contributed by atoms with E-state index in [0.29, 0.717) is 10.6 Å². The van der Waals surface area contributed by atoms with Gasteiger partial charge < -0.3 is 5.73 Å². The van der Waals surface area contributed by atoms with E-state index in [4.69, 9.17) is 28.9 Å². The Bertz CT molecular complexity index is 390. The van der Waals surface area contributed by atoms with Gasteiger partial charge in [-0.1, -0.05) is 23.2 Å². The molecule has 0 spiro atoms. The number of hydrogen-bond acceptors (Lipinski definition) is 2. The van der Waals surface area contributed by atoms with Crippen LogP contribution in [-0.4, -0.2) is 11.7 Å². The van der Waals surface area contributed by atoms with Gasteiger partial charge in [-0.15, -0.1) is 0 Å². The number of carbonyl (C=O) groups is 2. The van der Waals surface area contributed by atoms with Gasteiger partial charge in [0.2, 0.25) is 5.91 Å². The fourth-order valence-electron chi connectivity index (χ4n) is 0.930. The molecule has 0 unspecified atom stereocenters. The molecule has 1 rings (SSSR count). The first-order valence-electron chi connectivity index (χ1n) is 3.77. The highest BCUT2D eigenvalue weighted by Crippen LogP contribution is 2.23. The van der Waals surface area contributed by atoms with Gasteiger partial charge in [0.25, 0.3) is 0 Å². The Kier molecular flexibility index (Phi) is 3.49. The topological polar surface area (TPSA) is 60.2 Å². The number of ketones is 1. The van der Waals surface area contributed by atoms with Crippen molar-refractivity contribution in [3.63, 3.8) is 0 Å². The van der Waals surface area contributed by atoms with E-state index in [1.54, 1.807) is 0 Å². The van der Waals surface area contributed by atoms with Gasteiger partial charge in [0.15, 0.2) is 5.78 Å². The summed E-state index contributed by atoms with van der Waals surface area (Å²) in [4.78, 5) is 21.8. The van der Waals surface area contributed by atoms with Crippen molar-refractivity contribution in [2.45, 2.75) is 6.42 Å². The highest BCUT2D eigenvalue weighted by atomic mass is 35.5. The van der Waals surface area contributed by atoms with Gasteiger partial charge in [0, 0.05) is 5.56 Å². The quantitative estimate of drug-likeness (QED) is 0.640. The average molecular weight is 232 g/mol. The number of halogens is 2. The van der Waals surface area contributed by atoms with E-state index >= 15 is 0 Å². The lowest BCUT2D eigenvalue weighted by atomic mass is 10.1. The number of rotatable bonds is 3. The fraction of sp³-hybridized carbons (Fsp3) is 0.111. The smallest absolute Gasteiger partial charge is 0.225 e. The Balaban J connectivity index is 2.91. The number of hydrogen-bond donors (Lipinski definition) is 1. The van der Waals surface area contributed by atoms with Gasteiger partial charge in [-0.05, 0) is 18.2 Å². The average Bonchev–Trinajstić information content (AvgIpc) is 2.08. The minimum atomic E-state index is -0.666. The summed E-state index contributed by atoms with van der Waals surface area (Å²) in [5.74, 6) is -1.03. The third kappa shape index (κ3) is 2.72. The third-order valence-electron chi connectivity index (χ3n) is 1.58. The molecule has 0 radical (unpaired) electrons. The molecular formula is C9H7Cl2NO2. The van der Waals surface area contributed by atoms with Gasteiger partial charge >= 0.3 is 0 Å². The van der Waals surface area contributed by atoms with E-state index in [1.807, 2.05) is 0 Å². The number of nitrogens with two attached hydrogens (primary N) is 1. The minimum Gasteiger partial charge on any atom is -0.369 e. The Labute approximate surface area is 90.8 Å². The molecule has 74 valence electrons. The molecule has 1 aromatic carbocycles. The maximum Gasteiger partial charge on any atom is 0.225 e. The summed E-state index contributed by atoms with van der Waals surface area (Å²) < 4.78 is 0. The van der Waals surface area contributed by atoms with E-state index in [1.165, 1.54) is 18.2 Å². The van der Waals surface area contributed by atoms with Crippen LogP contribution >= 0.6 is 23.2 Å². The standard InChI is InChI=1S/C9H7Cl2NO2/c10-6-2-1-5(3-7(6)11)8(13)4-9(12)14/h1-3H,4H2,(H2,12,14). The molecule has 3 nitrogen and oxygen atoms in total. The predicted octanol–water partition coefficient (Wildman–Crippen LogP) is 2.05. The van der Waals surface area contributed by atoms with Crippen LogP contribution in [0.2, 0.25) is 10.0 Å². The van der Waals surface area contributed by atoms with Crippen molar-refractivity contribution < 1.29 is 9.59 Å². The van der Waals surface area contributed by atoms with Crippen LogP contribution in [0.4, 0.5) is 0 Å². The zero-order chi connectivity index (χ0) is 10.7. The summed E-state index contributed by atoms with van der Waals surface area (Å²) in [6.07, 6.45) is -0.321. The summed E-state index contributed by atoms with van der Waals surface area (Å²) >= 11 is 11.4. The molecule has 0 aromatic heterocycles. The molecule has 1 aromatic rings. The van der Waals surface area contributed by atoms with Crippen LogP contribution in [0.25, 0.3) is 0 Å². The SMILES string of the molecule is NC(=O)CC(=O)c1ccc(Cl)c(Cl)c1. The molecule has 14 heavy (non-hydrogen) atoms. The van der Waals surface area contributed by atoms with Crippen molar-refractivity contribution in [1.82, 2.24) is 0 Å². The summed E-state index contributed by atoms with van der Waals surface area (Å²) in [5, 5.41) is 0.643. The molecule has 0 aliphatic heterocycles. The van der Waals surface area contributed by atoms with Crippen molar-refractivity contribution in [2.24, 2.45) is 5.73 Å². The van der Waals surface area contributed by atoms with Crippen LogP contribution in [0, 0.1) is 0 Å². The van der Waals surface area contributed by atoms with Crippen LogP contribution in [0.1, 0.15) is 16.8 Å².